The maximum atomic E-state index is 13.8. The van der Waals surface area contributed by atoms with Crippen LogP contribution in [-0.4, -0.2) is 21.7 Å². The Morgan fingerprint density at radius 3 is 2.86 bits per heavy atom. The number of allylic oxidation sites excluding steroid dienone is 5. The van der Waals surface area contributed by atoms with Gasteiger partial charge in [0.25, 0.3) is 5.56 Å². The first-order chi connectivity index (χ1) is 17.0. The molecule has 2 aliphatic rings. The molecule has 0 radical (unpaired) electrons. The van der Waals surface area contributed by atoms with E-state index < -0.39 is 0 Å². The van der Waals surface area contributed by atoms with Gasteiger partial charge in [0, 0.05) is 22.3 Å². The maximum absolute atomic E-state index is 13.8. The highest BCUT2D eigenvalue weighted by molar-refractivity contribution is 5.81. The van der Waals surface area contributed by atoms with Gasteiger partial charge in [-0.2, -0.15) is 5.10 Å². The standard InChI is InChI=1S/C28H25FN2O4/c1-18-26(22-10-3-2-4-11-24(22)32)23(14-13-19-7-5-9-21(29)15-19)28(33)31(30-18)16-20-8-6-12-25-27(20)35-17-34-25/h2-3,5-12,15,32H,4,13-14,16-17H2,1H3. The van der Waals surface area contributed by atoms with Gasteiger partial charge in [-0.05, 0) is 56.0 Å². The van der Waals surface area contributed by atoms with Crippen molar-refractivity contribution >= 4 is 5.57 Å². The first-order valence-electron chi connectivity index (χ1n) is 11.5. The number of halogens is 1. The predicted molar refractivity (Wildman–Crippen MR) is 131 cm³/mol. The third-order valence-electron chi connectivity index (χ3n) is 6.17. The predicted octanol–water partition coefficient (Wildman–Crippen LogP) is 5.04. The summed E-state index contributed by atoms with van der Waals surface area (Å²) in [5, 5.41) is 15.3. The normalized spacial score (nSPS) is 14.5. The van der Waals surface area contributed by atoms with E-state index in [1.807, 2.05) is 43.3 Å². The summed E-state index contributed by atoms with van der Waals surface area (Å²) in [5.41, 5.74) is 3.62. The van der Waals surface area contributed by atoms with Gasteiger partial charge in [-0.25, -0.2) is 9.07 Å². The van der Waals surface area contributed by atoms with Crippen LogP contribution < -0.4 is 15.0 Å². The molecular weight excluding hydrogens is 447 g/mol. The summed E-state index contributed by atoms with van der Waals surface area (Å²) in [6.45, 7) is 2.17. The second-order valence-corrected chi connectivity index (χ2v) is 8.52. The Balaban J connectivity index is 1.60. The Kier molecular flexibility index (Phi) is 6.23. The molecule has 5 rings (SSSR count). The van der Waals surface area contributed by atoms with Crippen LogP contribution >= 0.6 is 0 Å². The summed E-state index contributed by atoms with van der Waals surface area (Å²) in [5.74, 6) is 1.04. The monoisotopic (exact) mass is 472 g/mol. The van der Waals surface area contributed by atoms with E-state index in [9.17, 15) is 14.3 Å². The molecule has 35 heavy (non-hydrogen) atoms. The molecule has 0 fully saturated rings. The number of hydrogen-bond acceptors (Lipinski definition) is 5. The zero-order chi connectivity index (χ0) is 24.4. The molecule has 7 heteroatoms. The Bertz CT molecular complexity index is 1440. The van der Waals surface area contributed by atoms with Gasteiger partial charge >= 0.3 is 0 Å². The Morgan fingerprint density at radius 1 is 1.14 bits per heavy atom. The topological polar surface area (TPSA) is 73.6 Å². The van der Waals surface area contributed by atoms with Gasteiger partial charge < -0.3 is 14.6 Å². The number of hydrogen-bond donors (Lipinski definition) is 1. The van der Waals surface area contributed by atoms with Crippen LogP contribution in [0.4, 0.5) is 4.39 Å². The molecule has 178 valence electrons. The fourth-order valence-corrected chi connectivity index (χ4v) is 4.52. The number of fused-ring (bicyclic) bond motifs is 1. The molecule has 1 N–H and O–H groups in total. The lowest BCUT2D eigenvalue weighted by Gasteiger charge is -2.18. The van der Waals surface area contributed by atoms with E-state index in [4.69, 9.17) is 9.47 Å². The van der Waals surface area contributed by atoms with Gasteiger partial charge in [0.05, 0.1) is 12.2 Å². The molecule has 2 aromatic carbocycles. The van der Waals surface area contributed by atoms with Crippen molar-refractivity contribution in [2.75, 3.05) is 6.79 Å². The summed E-state index contributed by atoms with van der Waals surface area (Å²) in [7, 11) is 0. The van der Waals surface area contributed by atoms with E-state index in [1.54, 1.807) is 18.2 Å². The first kappa shape index (κ1) is 22.7. The van der Waals surface area contributed by atoms with Crippen molar-refractivity contribution in [2.24, 2.45) is 0 Å². The summed E-state index contributed by atoms with van der Waals surface area (Å²) in [6, 6.07) is 11.9. The quantitative estimate of drug-likeness (QED) is 0.544. The molecule has 0 saturated heterocycles. The number of aliphatic hydroxyl groups is 1. The molecule has 2 heterocycles. The number of para-hydroxylation sites is 1. The van der Waals surface area contributed by atoms with Gasteiger partial charge in [0.15, 0.2) is 11.5 Å². The summed E-state index contributed by atoms with van der Waals surface area (Å²) >= 11 is 0. The zero-order valence-electron chi connectivity index (χ0n) is 19.3. The fraction of sp³-hybridized carbons (Fsp3) is 0.214. The average molecular weight is 473 g/mol. The number of aliphatic hydroxyl groups excluding tert-OH is 1. The Labute approximate surface area is 202 Å². The molecule has 1 aromatic heterocycles. The summed E-state index contributed by atoms with van der Waals surface area (Å²) in [4.78, 5) is 13.8. The van der Waals surface area contributed by atoms with Gasteiger partial charge in [-0.3, -0.25) is 4.79 Å². The van der Waals surface area contributed by atoms with Crippen molar-refractivity contribution in [3.63, 3.8) is 0 Å². The minimum absolute atomic E-state index is 0.107. The van der Waals surface area contributed by atoms with Gasteiger partial charge in [0.2, 0.25) is 6.79 Å². The maximum Gasteiger partial charge on any atom is 0.270 e. The Hall–Kier alpha value is -4.13. The number of aromatic nitrogens is 2. The lowest BCUT2D eigenvalue weighted by molar-refractivity contribution is 0.173. The molecule has 0 unspecified atom stereocenters. The van der Waals surface area contributed by atoms with Crippen LogP contribution in [0, 0.1) is 12.7 Å². The van der Waals surface area contributed by atoms with Crippen molar-refractivity contribution in [2.45, 2.75) is 32.7 Å². The summed E-state index contributed by atoms with van der Waals surface area (Å²) in [6.07, 6.45) is 8.72. The van der Waals surface area contributed by atoms with Crippen molar-refractivity contribution < 1.29 is 19.0 Å². The largest absolute Gasteiger partial charge is 0.508 e. The molecule has 3 aromatic rings. The van der Waals surface area contributed by atoms with Crippen LogP contribution in [0.1, 0.15) is 34.4 Å². The average Bonchev–Trinajstić information content (AvgIpc) is 3.23. The molecular formula is C28H25FN2O4. The highest BCUT2D eigenvalue weighted by atomic mass is 19.1. The molecule has 0 spiro atoms. The van der Waals surface area contributed by atoms with Gasteiger partial charge in [0.1, 0.15) is 11.6 Å². The molecule has 6 nitrogen and oxygen atoms in total. The van der Waals surface area contributed by atoms with Gasteiger partial charge in [-0.1, -0.05) is 42.5 Å². The minimum atomic E-state index is -0.316. The third kappa shape index (κ3) is 4.62. The minimum Gasteiger partial charge on any atom is -0.508 e. The number of aryl methyl sites for hydroxylation is 2. The second kappa shape index (κ2) is 9.62. The van der Waals surface area contributed by atoms with E-state index in [-0.39, 0.29) is 30.5 Å². The highest BCUT2D eigenvalue weighted by Crippen LogP contribution is 2.35. The molecule has 1 aliphatic heterocycles. The van der Waals surface area contributed by atoms with Crippen LogP contribution in [0.3, 0.4) is 0 Å². The Morgan fingerprint density at radius 2 is 2.00 bits per heavy atom. The third-order valence-corrected chi connectivity index (χ3v) is 6.17. The van der Waals surface area contributed by atoms with Crippen molar-refractivity contribution in [3.05, 3.63) is 117 Å². The number of rotatable bonds is 6. The number of nitrogens with zero attached hydrogens (tertiary/aromatic N) is 2. The highest BCUT2D eigenvalue weighted by Gasteiger charge is 2.23. The summed E-state index contributed by atoms with van der Waals surface area (Å²) < 4.78 is 26.3. The molecule has 0 amide bonds. The molecule has 0 saturated carbocycles. The van der Waals surface area contributed by atoms with Crippen LogP contribution in [0.5, 0.6) is 11.5 Å². The second-order valence-electron chi connectivity index (χ2n) is 8.52. The number of ether oxygens (including phenoxy) is 2. The van der Waals surface area contributed by atoms with Crippen molar-refractivity contribution in [1.29, 1.82) is 0 Å². The lowest BCUT2D eigenvalue weighted by Crippen LogP contribution is -2.30. The fourth-order valence-electron chi connectivity index (χ4n) is 4.52. The molecule has 0 atom stereocenters. The first-order valence-corrected chi connectivity index (χ1v) is 11.5. The van der Waals surface area contributed by atoms with Crippen molar-refractivity contribution in [1.82, 2.24) is 9.78 Å². The molecule has 1 aliphatic carbocycles. The van der Waals surface area contributed by atoms with Crippen LogP contribution in [0.15, 0.2) is 77.3 Å². The molecule has 0 bridgehead atoms. The zero-order valence-corrected chi connectivity index (χ0v) is 19.3. The number of benzene rings is 2. The van der Waals surface area contributed by atoms with E-state index in [0.717, 1.165) is 11.1 Å². The SMILES string of the molecule is Cc1nn(Cc2cccc3c2OCO3)c(=O)c(CCc2cccc(F)c2)c1C1=CC=CCC=C1O. The van der Waals surface area contributed by atoms with E-state index in [2.05, 4.69) is 5.10 Å². The lowest BCUT2D eigenvalue weighted by atomic mass is 9.93. The van der Waals surface area contributed by atoms with Crippen LogP contribution in [0.2, 0.25) is 0 Å². The smallest absolute Gasteiger partial charge is 0.270 e. The van der Waals surface area contributed by atoms with E-state index >= 15 is 0 Å². The van der Waals surface area contributed by atoms with Crippen LogP contribution in [0.25, 0.3) is 5.57 Å². The van der Waals surface area contributed by atoms with E-state index in [0.29, 0.717) is 53.2 Å². The van der Waals surface area contributed by atoms with Crippen LogP contribution in [-0.2, 0) is 19.4 Å². The van der Waals surface area contributed by atoms with E-state index in [1.165, 1.54) is 16.8 Å². The van der Waals surface area contributed by atoms with Crippen molar-refractivity contribution in [3.8, 4) is 11.5 Å². The van der Waals surface area contributed by atoms with Gasteiger partial charge in [-0.15, -0.1) is 0 Å².